The number of fused-ring (bicyclic) bond motifs is 1. The summed E-state index contributed by atoms with van der Waals surface area (Å²) in [5.41, 5.74) is 0.221. The lowest BCUT2D eigenvalue weighted by Crippen LogP contribution is -2.32. The Bertz CT molecular complexity index is 353. The van der Waals surface area contributed by atoms with Crippen LogP contribution in [0.25, 0.3) is 0 Å². The van der Waals surface area contributed by atoms with Crippen LogP contribution in [0.2, 0.25) is 0 Å². The summed E-state index contributed by atoms with van der Waals surface area (Å²) in [5.74, 6) is 0.805. The number of ether oxygens (including phenoxy) is 2. The van der Waals surface area contributed by atoms with Gasteiger partial charge in [0.2, 0.25) is 0 Å². The molecular formula is C9H9NO4. The first-order valence-corrected chi connectivity index (χ1v) is 4.22. The van der Waals surface area contributed by atoms with Crippen LogP contribution in [-0.4, -0.2) is 24.4 Å². The van der Waals surface area contributed by atoms with Gasteiger partial charge in [-0.25, -0.2) is 0 Å². The van der Waals surface area contributed by atoms with Gasteiger partial charge in [-0.3, -0.25) is 0 Å². The second-order valence-electron chi connectivity index (χ2n) is 2.93. The van der Waals surface area contributed by atoms with E-state index in [1.807, 2.05) is 0 Å². The van der Waals surface area contributed by atoms with E-state index in [9.17, 15) is 4.91 Å². The van der Waals surface area contributed by atoms with Crippen molar-refractivity contribution >= 4 is 5.69 Å². The van der Waals surface area contributed by atoms with Crippen molar-refractivity contribution in [3.63, 3.8) is 0 Å². The van der Waals surface area contributed by atoms with Gasteiger partial charge in [0.25, 0.3) is 0 Å². The number of rotatable bonds is 2. The number of nitroso groups, excluding NO2 is 1. The van der Waals surface area contributed by atoms with E-state index in [2.05, 4.69) is 5.18 Å². The average Bonchev–Trinajstić information content (AvgIpc) is 2.27. The quantitative estimate of drug-likeness (QED) is 0.720. The predicted molar refractivity (Wildman–Crippen MR) is 48.9 cm³/mol. The predicted octanol–water partition coefficient (Wildman–Crippen LogP) is 1.22. The summed E-state index contributed by atoms with van der Waals surface area (Å²) in [5, 5.41) is 11.7. The van der Waals surface area contributed by atoms with Gasteiger partial charge < -0.3 is 14.6 Å². The molecule has 1 aliphatic rings. The second kappa shape index (κ2) is 3.63. The molecule has 0 radical (unpaired) electrons. The molecule has 74 valence electrons. The van der Waals surface area contributed by atoms with Crippen LogP contribution in [0.4, 0.5) is 5.69 Å². The van der Waals surface area contributed by atoms with E-state index in [0.29, 0.717) is 11.5 Å². The van der Waals surface area contributed by atoms with Crippen LogP contribution in [0.1, 0.15) is 0 Å². The standard InChI is InChI=1S/C9H9NO4/c11-4-6-5-13-9-7(10-12)2-1-3-8(9)14-6/h1-3,6,11H,4-5H2/t6-/m0/s1. The third-order valence-corrected chi connectivity index (χ3v) is 1.97. The molecule has 1 aromatic rings. The Hall–Kier alpha value is -1.62. The highest BCUT2D eigenvalue weighted by molar-refractivity contribution is 5.60. The van der Waals surface area contributed by atoms with Crippen molar-refractivity contribution in [2.24, 2.45) is 5.18 Å². The van der Waals surface area contributed by atoms with Gasteiger partial charge in [0.1, 0.15) is 6.61 Å². The Morgan fingerprint density at radius 2 is 2.43 bits per heavy atom. The first-order chi connectivity index (χ1) is 6.85. The zero-order chi connectivity index (χ0) is 9.97. The molecule has 0 aliphatic carbocycles. The number of aliphatic hydroxyl groups excluding tert-OH is 1. The number of nitrogens with zero attached hydrogens (tertiary/aromatic N) is 1. The van der Waals surface area contributed by atoms with Crippen molar-refractivity contribution in [1.82, 2.24) is 0 Å². The molecule has 0 bridgehead atoms. The third kappa shape index (κ3) is 1.42. The first-order valence-electron chi connectivity index (χ1n) is 4.22. The number of hydrogen-bond donors (Lipinski definition) is 1. The maximum absolute atomic E-state index is 10.4. The van der Waals surface area contributed by atoms with E-state index in [0.717, 1.165) is 0 Å². The first kappa shape index (κ1) is 8.96. The summed E-state index contributed by atoms with van der Waals surface area (Å²) >= 11 is 0. The van der Waals surface area contributed by atoms with Crippen LogP contribution >= 0.6 is 0 Å². The summed E-state index contributed by atoms with van der Waals surface area (Å²) in [6, 6.07) is 4.87. The lowest BCUT2D eigenvalue weighted by Gasteiger charge is -2.25. The fourth-order valence-electron chi connectivity index (χ4n) is 1.29. The zero-order valence-electron chi connectivity index (χ0n) is 7.34. The maximum Gasteiger partial charge on any atom is 0.190 e. The Kier molecular flexibility index (Phi) is 2.32. The molecule has 0 saturated heterocycles. The molecule has 0 spiro atoms. The molecule has 2 rings (SSSR count). The van der Waals surface area contributed by atoms with Crippen LogP contribution < -0.4 is 9.47 Å². The average molecular weight is 195 g/mol. The largest absolute Gasteiger partial charge is 0.483 e. The third-order valence-electron chi connectivity index (χ3n) is 1.97. The lowest BCUT2D eigenvalue weighted by atomic mass is 10.2. The van der Waals surface area contributed by atoms with Crippen LogP contribution in [-0.2, 0) is 0 Å². The molecule has 1 N–H and O–H groups in total. The molecule has 5 nitrogen and oxygen atoms in total. The van der Waals surface area contributed by atoms with Crippen molar-refractivity contribution < 1.29 is 14.6 Å². The summed E-state index contributed by atoms with van der Waals surface area (Å²) in [7, 11) is 0. The monoisotopic (exact) mass is 195 g/mol. The molecule has 0 unspecified atom stereocenters. The van der Waals surface area contributed by atoms with E-state index in [1.165, 1.54) is 0 Å². The van der Waals surface area contributed by atoms with E-state index < -0.39 is 0 Å². The molecule has 1 aliphatic heterocycles. The summed E-state index contributed by atoms with van der Waals surface area (Å²) in [6.45, 7) is 0.119. The molecule has 0 fully saturated rings. The van der Waals surface area contributed by atoms with Crippen molar-refractivity contribution in [3.05, 3.63) is 23.1 Å². The topological polar surface area (TPSA) is 68.1 Å². The Balaban J connectivity index is 2.35. The maximum atomic E-state index is 10.4. The van der Waals surface area contributed by atoms with Crippen LogP contribution in [0.15, 0.2) is 23.4 Å². The molecule has 0 amide bonds. The smallest absolute Gasteiger partial charge is 0.190 e. The molecular weight excluding hydrogens is 186 g/mol. The lowest BCUT2D eigenvalue weighted by molar-refractivity contribution is 0.0461. The van der Waals surface area contributed by atoms with Crippen LogP contribution in [0.5, 0.6) is 11.5 Å². The highest BCUT2D eigenvalue weighted by Gasteiger charge is 2.22. The molecule has 5 heteroatoms. The van der Waals surface area contributed by atoms with Crippen molar-refractivity contribution in [2.45, 2.75) is 6.10 Å². The van der Waals surface area contributed by atoms with Gasteiger partial charge in [-0.05, 0) is 17.3 Å². The molecule has 1 atom stereocenters. The fourth-order valence-corrected chi connectivity index (χ4v) is 1.29. The summed E-state index contributed by atoms with van der Waals surface area (Å²) in [6.07, 6.45) is -0.371. The van der Waals surface area contributed by atoms with Crippen LogP contribution in [0, 0.1) is 4.91 Å². The van der Waals surface area contributed by atoms with Crippen molar-refractivity contribution in [1.29, 1.82) is 0 Å². The minimum atomic E-state index is -0.371. The summed E-state index contributed by atoms with van der Waals surface area (Å²) < 4.78 is 10.6. The van der Waals surface area contributed by atoms with Gasteiger partial charge >= 0.3 is 0 Å². The van der Waals surface area contributed by atoms with Crippen molar-refractivity contribution in [3.8, 4) is 11.5 Å². The molecule has 0 aromatic heterocycles. The van der Waals surface area contributed by atoms with E-state index >= 15 is 0 Å². The minimum Gasteiger partial charge on any atom is -0.483 e. The van der Waals surface area contributed by atoms with Gasteiger partial charge in [-0.2, -0.15) is 0 Å². The second-order valence-corrected chi connectivity index (χ2v) is 2.93. The Morgan fingerprint density at radius 1 is 1.57 bits per heavy atom. The molecule has 0 saturated carbocycles. The Labute approximate surface area is 80.2 Å². The van der Waals surface area contributed by atoms with Gasteiger partial charge in [0.15, 0.2) is 23.3 Å². The normalized spacial score (nSPS) is 19.1. The molecule has 1 aromatic carbocycles. The number of benzene rings is 1. The fraction of sp³-hybridized carbons (Fsp3) is 0.333. The zero-order valence-corrected chi connectivity index (χ0v) is 7.34. The summed E-state index contributed by atoms with van der Waals surface area (Å²) in [4.78, 5) is 10.4. The van der Waals surface area contributed by atoms with Gasteiger partial charge in [-0.1, -0.05) is 6.07 Å². The van der Waals surface area contributed by atoms with Gasteiger partial charge in [-0.15, -0.1) is 4.91 Å². The number of para-hydroxylation sites is 1. The number of hydrogen-bond acceptors (Lipinski definition) is 5. The van der Waals surface area contributed by atoms with Crippen molar-refractivity contribution in [2.75, 3.05) is 13.2 Å². The van der Waals surface area contributed by atoms with Crippen LogP contribution in [0.3, 0.4) is 0 Å². The molecule has 1 heterocycles. The minimum absolute atomic E-state index is 0.113. The number of aliphatic hydroxyl groups is 1. The molecule has 14 heavy (non-hydrogen) atoms. The van der Waals surface area contributed by atoms with Gasteiger partial charge in [0, 0.05) is 0 Å². The van der Waals surface area contributed by atoms with E-state index in [-0.39, 0.29) is 25.0 Å². The van der Waals surface area contributed by atoms with E-state index in [4.69, 9.17) is 14.6 Å². The van der Waals surface area contributed by atoms with Gasteiger partial charge in [0.05, 0.1) is 6.61 Å². The Morgan fingerprint density at radius 3 is 3.14 bits per heavy atom. The SMILES string of the molecule is O=Nc1cccc2c1OC[C@H](CO)O2. The van der Waals surface area contributed by atoms with E-state index in [1.54, 1.807) is 18.2 Å². The highest BCUT2D eigenvalue weighted by Crippen LogP contribution is 2.39. The highest BCUT2D eigenvalue weighted by atomic mass is 16.6.